The number of nitrogens with one attached hydrogen (secondary N) is 1. The molecule has 1 fully saturated rings. The van der Waals surface area contributed by atoms with Crippen molar-refractivity contribution in [2.24, 2.45) is 0 Å². The van der Waals surface area contributed by atoms with Crippen LogP contribution in [0.1, 0.15) is 42.9 Å². The highest BCUT2D eigenvalue weighted by Crippen LogP contribution is 2.49. The molecule has 4 rings (SSSR count). The highest BCUT2D eigenvalue weighted by atomic mass is 127. The van der Waals surface area contributed by atoms with Gasteiger partial charge in [0, 0.05) is 21.8 Å². The summed E-state index contributed by atoms with van der Waals surface area (Å²) in [6.45, 7) is 0.925. The highest BCUT2D eigenvalue weighted by molar-refractivity contribution is 14.1. The van der Waals surface area contributed by atoms with Gasteiger partial charge in [-0.1, -0.05) is 25.1 Å². The molecule has 1 saturated carbocycles. The number of sulfonamides is 1. The first-order valence-corrected chi connectivity index (χ1v) is 17.2. The number of aliphatic hydroxyl groups is 2. The van der Waals surface area contributed by atoms with Gasteiger partial charge in [0.1, 0.15) is 17.4 Å². The van der Waals surface area contributed by atoms with E-state index in [1.807, 2.05) is 22.6 Å². The summed E-state index contributed by atoms with van der Waals surface area (Å²) >= 11 is 1.95. The van der Waals surface area contributed by atoms with E-state index in [1.165, 1.54) is 31.2 Å². The van der Waals surface area contributed by atoms with E-state index in [2.05, 4.69) is 4.72 Å². The SMILES string of the molecule is CCS(=O)(=O)Cc1cccc(Oc2cc(F)cc(Cc3ccc(I)cc3F)c2NS(=O)(=O)C2(CC(O)CO)CC2)c1. The Morgan fingerprint density at radius 1 is 1.05 bits per heavy atom. The Bertz CT molecular complexity index is 1650. The number of rotatable bonds is 13. The van der Waals surface area contributed by atoms with Crippen molar-refractivity contribution in [3.8, 4) is 11.5 Å². The molecule has 1 unspecified atom stereocenters. The number of hydrogen-bond donors (Lipinski definition) is 3. The molecule has 1 aliphatic rings. The standard InChI is InChI=1S/C28H30F2INO7S2/c1-2-40(35,36)17-18-4-3-5-24(10-18)39-26-13-21(29)12-20(11-19-6-7-22(31)14-25(19)30)27(26)32-41(37,38)28(8-9-28)15-23(34)16-33/h3-7,10,12-14,23,32-34H,2,8-9,11,15-17H2,1H3. The van der Waals surface area contributed by atoms with Gasteiger partial charge in [-0.3, -0.25) is 4.72 Å². The van der Waals surface area contributed by atoms with Crippen molar-refractivity contribution in [1.29, 1.82) is 0 Å². The van der Waals surface area contributed by atoms with Crippen LogP contribution in [0, 0.1) is 15.2 Å². The van der Waals surface area contributed by atoms with Crippen molar-refractivity contribution in [1.82, 2.24) is 0 Å². The Hall–Kier alpha value is -2.33. The maximum Gasteiger partial charge on any atom is 0.238 e. The highest BCUT2D eigenvalue weighted by Gasteiger charge is 2.55. The summed E-state index contributed by atoms with van der Waals surface area (Å²) in [5.41, 5.74) is 0.623. The van der Waals surface area contributed by atoms with E-state index in [4.69, 9.17) is 4.74 Å². The summed E-state index contributed by atoms with van der Waals surface area (Å²) in [6, 6.07) is 12.7. The molecule has 0 aromatic heterocycles. The summed E-state index contributed by atoms with van der Waals surface area (Å²) in [7, 11) is -7.55. The second kappa shape index (κ2) is 12.5. The van der Waals surface area contributed by atoms with Crippen LogP contribution in [0.3, 0.4) is 0 Å². The van der Waals surface area contributed by atoms with Gasteiger partial charge >= 0.3 is 0 Å². The van der Waals surface area contributed by atoms with Crippen LogP contribution in [-0.4, -0.2) is 50.3 Å². The van der Waals surface area contributed by atoms with Crippen molar-refractivity contribution >= 4 is 48.1 Å². The first kappa shape index (κ1) is 31.6. The lowest BCUT2D eigenvalue weighted by Crippen LogP contribution is -2.34. The van der Waals surface area contributed by atoms with E-state index < -0.39 is 49.0 Å². The van der Waals surface area contributed by atoms with E-state index in [0.717, 1.165) is 12.1 Å². The molecule has 0 bridgehead atoms. The lowest BCUT2D eigenvalue weighted by atomic mass is 10.0. The summed E-state index contributed by atoms with van der Waals surface area (Å²) in [4.78, 5) is 0. The molecule has 13 heteroatoms. The second-order valence-electron chi connectivity index (χ2n) is 10.1. The van der Waals surface area contributed by atoms with Crippen molar-refractivity contribution in [3.05, 3.63) is 86.5 Å². The molecular weight excluding hydrogens is 691 g/mol. The molecule has 1 aliphatic carbocycles. The van der Waals surface area contributed by atoms with Gasteiger partial charge in [-0.15, -0.1) is 0 Å². The zero-order chi connectivity index (χ0) is 30.0. The van der Waals surface area contributed by atoms with Crippen LogP contribution < -0.4 is 9.46 Å². The minimum absolute atomic E-state index is 0.0565. The fourth-order valence-corrected chi connectivity index (χ4v) is 7.60. The summed E-state index contributed by atoms with van der Waals surface area (Å²) < 4.78 is 88.9. The minimum Gasteiger partial charge on any atom is -0.455 e. The Kier molecular flexibility index (Phi) is 9.63. The van der Waals surface area contributed by atoms with Gasteiger partial charge in [0.05, 0.1) is 28.9 Å². The van der Waals surface area contributed by atoms with E-state index >= 15 is 0 Å². The quantitative estimate of drug-likeness (QED) is 0.214. The average Bonchev–Trinajstić information content (AvgIpc) is 3.69. The lowest BCUT2D eigenvalue weighted by molar-refractivity contribution is 0.0858. The van der Waals surface area contributed by atoms with Crippen LogP contribution in [0.2, 0.25) is 0 Å². The van der Waals surface area contributed by atoms with Gasteiger partial charge in [0.2, 0.25) is 10.0 Å². The van der Waals surface area contributed by atoms with E-state index in [-0.39, 0.29) is 65.5 Å². The summed E-state index contributed by atoms with van der Waals surface area (Å²) in [5, 5.41) is 19.3. The zero-order valence-corrected chi connectivity index (χ0v) is 25.9. The van der Waals surface area contributed by atoms with Crippen LogP contribution in [0.5, 0.6) is 11.5 Å². The molecule has 0 saturated heterocycles. The largest absolute Gasteiger partial charge is 0.455 e. The first-order valence-electron chi connectivity index (χ1n) is 12.8. The summed E-state index contributed by atoms with van der Waals surface area (Å²) in [5.74, 6) is -1.67. The Morgan fingerprint density at radius 2 is 1.78 bits per heavy atom. The first-order chi connectivity index (χ1) is 19.3. The predicted octanol–water partition coefficient (Wildman–Crippen LogP) is 4.90. The maximum absolute atomic E-state index is 14.9. The van der Waals surface area contributed by atoms with E-state index in [0.29, 0.717) is 9.13 Å². The van der Waals surface area contributed by atoms with Gasteiger partial charge in [-0.25, -0.2) is 25.6 Å². The van der Waals surface area contributed by atoms with Gasteiger partial charge < -0.3 is 14.9 Å². The van der Waals surface area contributed by atoms with Crippen LogP contribution in [0.4, 0.5) is 14.5 Å². The molecular formula is C28H30F2INO7S2. The molecule has 3 N–H and O–H groups in total. The molecule has 222 valence electrons. The molecule has 3 aromatic rings. The number of ether oxygens (including phenoxy) is 1. The number of benzene rings is 3. The third kappa shape index (κ3) is 7.74. The average molecular weight is 722 g/mol. The van der Waals surface area contributed by atoms with E-state index in [1.54, 1.807) is 18.2 Å². The molecule has 0 amide bonds. The van der Waals surface area contributed by atoms with Gasteiger partial charge in [0.15, 0.2) is 15.6 Å². The third-order valence-corrected chi connectivity index (χ3v) is 11.4. The van der Waals surface area contributed by atoms with Gasteiger partial charge in [-0.2, -0.15) is 0 Å². The monoisotopic (exact) mass is 721 g/mol. The topological polar surface area (TPSA) is 130 Å². The van der Waals surface area contributed by atoms with Crippen molar-refractivity contribution < 1.29 is 40.6 Å². The van der Waals surface area contributed by atoms with Crippen LogP contribution in [0.25, 0.3) is 0 Å². The summed E-state index contributed by atoms with van der Waals surface area (Å²) in [6.07, 6.45) is -1.14. The molecule has 0 spiro atoms. The Morgan fingerprint density at radius 3 is 2.41 bits per heavy atom. The Balaban J connectivity index is 1.78. The predicted molar refractivity (Wildman–Crippen MR) is 160 cm³/mol. The number of anilines is 1. The zero-order valence-electron chi connectivity index (χ0n) is 22.1. The van der Waals surface area contributed by atoms with Crippen LogP contribution >= 0.6 is 22.6 Å². The van der Waals surface area contributed by atoms with Crippen LogP contribution in [-0.2, 0) is 32.0 Å². The fourth-order valence-electron chi connectivity index (χ4n) is 4.48. The molecule has 8 nitrogen and oxygen atoms in total. The molecule has 0 aliphatic heterocycles. The lowest BCUT2D eigenvalue weighted by Gasteiger charge is -2.23. The molecule has 0 radical (unpaired) electrons. The van der Waals surface area contributed by atoms with Gasteiger partial charge in [0.25, 0.3) is 0 Å². The fraction of sp³-hybridized carbons (Fsp3) is 0.357. The molecule has 0 heterocycles. The normalized spacial score (nSPS) is 15.4. The minimum atomic E-state index is -4.20. The smallest absolute Gasteiger partial charge is 0.238 e. The maximum atomic E-state index is 14.9. The number of halogens is 3. The molecule has 41 heavy (non-hydrogen) atoms. The van der Waals surface area contributed by atoms with Crippen molar-refractivity contribution in [2.45, 2.75) is 49.2 Å². The molecule has 1 atom stereocenters. The number of hydrogen-bond acceptors (Lipinski definition) is 7. The number of aliphatic hydroxyl groups excluding tert-OH is 2. The third-order valence-electron chi connectivity index (χ3n) is 6.93. The Labute approximate surface area is 251 Å². The number of sulfone groups is 1. The van der Waals surface area contributed by atoms with Crippen LogP contribution in [0.15, 0.2) is 54.6 Å². The van der Waals surface area contributed by atoms with Gasteiger partial charge in [-0.05, 0) is 88.9 Å². The molecule has 3 aromatic carbocycles. The van der Waals surface area contributed by atoms with Crippen molar-refractivity contribution in [3.63, 3.8) is 0 Å². The van der Waals surface area contributed by atoms with Crippen molar-refractivity contribution in [2.75, 3.05) is 17.1 Å². The van der Waals surface area contributed by atoms with E-state index in [9.17, 15) is 35.8 Å². The second-order valence-corrected chi connectivity index (χ2v) is 15.8.